The van der Waals surface area contributed by atoms with Crippen LogP contribution in [0.1, 0.15) is 18.4 Å². The lowest BCUT2D eigenvalue weighted by Gasteiger charge is -2.24. The van der Waals surface area contributed by atoms with Crippen LogP contribution in [-0.4, -0.2) is 48.5 Å². The maximum atomic E-state index is 13.7. The standard InChI is InChI=1S/C19H19F4N5O2S/c20-10-31(29,30)12-3-4-13-14(8-25-16(13)6-12)17-15(19(21,22)23)9-26-18(28-17)27-11-2-1-5-24-7-11/h3-4,6,8-9,11,24-25H,1-2,5,7,10H2,(H,26,27,28)/t11-/m0/s1. The predicted octanol–water partition coefficient (Wildman–Crippen LogP) is 3.51. The van der Waals surface area contributed by atoms with E-state index >= 15 is 0 Å². The number of hydrogen-bond acceptors (Lipinski definition) is 6. The fourth-order valence-electron chi connectivity index (χ4n) is 3.58. The molecule has 1 aliphatic heterocycles. The van der Waals surface area contributed by atoms with Crippen LogP contribution in [-0.2, 0) is 16.0 Å². The summed E-state index contributed by atoms with van der Waals surface area (Å²) in [5.74, 6) is 0.0719. The highest BCUT2D eigenvalue weighted by Gasteiger charge is 2.36. The largest absolute Gasteiger partial charge is 0.419 e. The molecule has 0 radical (unpaired) electrons. The second-order valence-corrected chi connectivity index (χ2v) is 9.19. The Bertz CT molecular complexity index is 1200. The topological polar surface area (TPSA) is 99.8 Å². The lowest BCUT2D eigenvalue weighted by molar-refractivity contribution is -0.137. The number of fused-ring (bicyclic) bond motifs is 1. The number of anilines is 1. The molecule has 166 valence electrons. The van der Waals surface area contributed by atoms with Gasteiger partial charge in [-0.15, -0.1) is 0 Å². The smallest absolute Gasteiger partial charge is 0.360 e. The molecule has 12 heteroatoms. The van der Waals surface area contributed by atoms with E-state index in [0.29, 0.717) is 11.9 Å². The molecular formula is C19H19F4N5O2S. The van der Waals surface area contributed by atoms with Crippen LogP contribution >= 0.6 is 0 Å². The van der Waals surface area contributed by atoms with E-state index in [1.807, 2.05) is 0 Å². The molecule has 1 saturated heterocycles. The van der Waals surface area contributed by atoms with Crippen molar-refractivity contribution >= 4 is 26.7 Å². The van der Waals surface area contributed by atoms with Crippen LogP contribution in [0.3, 0.4) is 0 Å². The molecule has 0 aliphatic carbocycles. The molecule has 1 aliphatic rings. The number of nitrogens with one attached hydrogen (secondary N) is 3. The fraction of sp³-hybridized carbons (Fsp3) is 0.368. The van der Waals surface area contributed by atoms with Gasteiger partial charge in [0.15, 0.2) is 6.01 Å². The summed E-state index contributed by atoms with van der Waals surface area (Å²) in [5.41, 5.74) is -0.955. The minimum absolute atomic E-state index is 0.00484. The molecule has 0 spiro atoms. The van der Waals surface area contributed by atoms with Crippen molar-refractivity contribution in [3.63, 3.8) is 0 Å². The van der Waals surface area contributed by atoms with Crippen LogP contribution < -0.4 is 10.6 Å². The number of sulfone groups is 1. The zero-order chi connectivity index (χ0) is 22.2. The van der Waals surface area contributed by atoms with Gasteiger partial charge < -0.3 is 15.6 Å². The molecule has 0 amide bonds. The number of rotatable bonds is 5. The molecule has 4 rings (SSSR count). The molecule has 0 unspecified atom stereocenters. The quantitative estimate of drug-likeness (QED) is 0.507. The first-order valence-corrected chi connectivity index (χ1v) is 11.2. The molecule has 1 fully saturated rings. The molecule has 0 bridgehead atoms. The maximum absolute atomic E-state index is 13.7. The third kappa shape index (κ3) is 4.35. The molecule has 7 nitrogen and oxygen atoms in total. The Hall–Kier alpha value is -2.73. The molecule has 31 heavy (non-hydrogen) atoms. The Morgan fingerprint density at radius 2 is 2.06 bits per heavy atom. The Labute approximate surface area is 175 Å². The number of nitrogens with zero attached hydrogens (tertiary/aromatic N) is 2. The highest BCUT2D eigenvalue weighted by Crippen LogP contribution is 2.39. The Balaban J connectivity index is 1.79. The Morgan fingerprint density at radius 1 is 1.26 bits per heavy atom. The molecular weight excluding hydrogens is 438 g/mol. The number of H-pyrrole nitrogens is 1. The van der Waals surface area contributed by atoms with Crippen LogP contribution in [0.25, 0.3) is 22.2 Å². The normalized spacial score (nSPS) is 17.7. The highest BCUT2D eigenvalue weighted by molar-refractivity contribution is 7.91. The summed E-state index contributed by atoms with van der Waals surface area (Å²) in [6.45, 7) is 1.53. The number of aromatic nitrogens is 3. The third-order valence-electron chi connectivity index (χ3n) is 5.14. The van der Waals surface area contributed by atoms with Crippen molar-refractivity contribution in [1.29, 1.82) is 0 Å². The summed E-state index contributed by atoms with van der Waals surface area (Å²) in [7, 11) is -4.11. The number of alkyl halides is 4. The molecule has 3 N–H and O–H groups in total. The van der Waals surface area contributed by atoms with Gasteiger partial charge in [0, 0.05) is 41.4 Å². The second kappa shape index (κ2) is 8.08. The van der Waals surface area contributed by atoms with Crippen LogP contribution in [0.5, 0.6) is 0 Å². The predicted molar refractivity (Wildman–Crippen MR) is 107 cm³/mol. The average Bonchev–Trinajstić information content (AvgIpc) is 3.17. The van der Waals surface area contributed by atoms with Crippen molar-refractivity contribution in [3.8, 4) is 11.3 Å². The molecule has 2 aromatic heterocycles. The van der Waals surface area contributed by atoms with Crippen LogP contribution in [0, 0.1) is 0 Å². The number of benzene rings is 1. The van der Waals surface area contributed by atoms with Gasteiger partial charge in [0.2, 0.25) is 15.8 Å². The molecule has 1 atom stereocenters. The van der Waals surface area contributed by atoms with E-state index in [1.54, 1.807) is 0 Å². The first-order chi connectivity index (χ1) is 14.7. The second-order valence-electron chi connectivity index (χ2n) is 7.27. The number of piperidine rings is 1. The summed E-state index contributed by atoms with van der Waals surface area (Å²) in [6, 6.07) is 2.12. The summed E-state index contributed by atoms with van der Waals surface area (Å²) in [6.07, 6.45) is -0.869. The van der Waals surface area contributed by atoms with E-state index in [4.69, 9.17) is 0 Å². The molecule has 0 saturated carbocycles. The number of aromatic amines is 1. The van der Waals surface area contributed by atoms with Gasteiger partial charge in [0.1, 0.15) is 5.56 Å². The molecule has 3 aromatic rings. The van der Waals surface area contributed by atoms with E-state index in [1.165, 1.54) is 18.3 Å². The lowest BCUT2D eigenvalue weighted by atomic mass is 10.1. The SMILES string of the molecule is O=S(=O)(CF)c1ccc2c(-c3nc(N[C@H]4CCCNC4)ncc3C(F)(F)F)c[nH]c2c1. The summed E-state index contributed by atoms with van der Waals surface area (Å²) in [5, 5.41) is 6.59. The molecule has 3 heterocycles. The lowest BCUT2D eigenvalue weighted by Crippen LogP contribution is -2.38. The van der Waals surface area contributed by atoms with E-state index in [9.17, 15) is 26.0 Å². The van der Waals surface area contributed by atoms with Crippen molar-refractivity contribution in [3.05, 3.63) is 36.2 Å². The van der Waals surface area contributed by atoms with Crippen LogP contribution in [0.15, 0.2) is 35.5 Å². The monoisotopic (exact) mass is 457 g/mol. The van der Waals surface area contributed by atoms with Gasteiger partial charge in [-0.1, -0.05) is 6.07 Å². The first kappa shape index (κ1) is 21.5. The van der Waals surface area contributed by atoms with Crippen molar-refractivity contribution in [2.45, 2.75) is 30.0 Å². The van der Waals surface area contributed by atoms with Crippen LogP contribution in [0.4, 0.5) is 23.5 Å². The third-order valence-corrected chi connectivity index (χ3v) is 6.39. The zero-order valence-electron chi connectivity index (χ0n) is 16.1. The van der Waals surface area contributed by atoms with Crippen LogP contribution in [0.2, 0.25) is 0 Å². The van der Waals surface area contributed by atoms with Gasteiger partial charge in [-0.2, -0.15) is 13.2 Å². The fourth-order valence-corrected chi connectivity index (χ4v) is 4.28. The zero-order valence-corrected chi connectivity index (χ0v) is 16.9. The first-order valence-electron chi connectivity index (χ1n) is 9.51. The molecule has 1 aromatic carbocycles. The van der Waals surface area contributed by atoms with Crippen molar-refractivity contribution in [1.82, 2.24) is 20.3 Å². The summed E-state index contributed by atoms with van der Waals surface area (Å²) in [4.78, 5) is 10.5. The summed E-state index contributed by atoms with van der Waals surface area (Å²) >= 11 is 0. The average molecular weight is 457 g/mol. The van der Waals surface area contributed by atoms with Gasteiger partial charge in [-0.25, -0.2) is 22.8 Å². The van der Waals surface area contributed by atoms with Crippen molar-refractivity contribution < 1.29 is 26.0 Å². The van der Waals surface area contributed by atoms with Gasteiger partial charge in [-0.3, -0.25) is 0 Å². The minimum Gasteiger partial charge on any atom is -0.360 e. The van der Waals surface area contributed by atoms with Gasteiger partial charge in [-0.05, 0) is 31.5 Å². The van der Waals surface area contributed by atoms with E-state index < -0.39 is 27.6 Å². The van der Waals surface area contributed by atoms with Gasteiger partial charge in [0.25, 0.3) is 0 Å². The van der Waals surface area contributed by atoms with E-state index in [0.717, 1.165) is 31.6 Å². The maximum Gasteiger partial charge on any atom is 0.419 e. The van der Waals surface area contributed by atoms with E-state index in [2.05, 4.69) is 25.6 Å². The van der Waals surface area contributed by atoms with Crippen molar-refractivity contribution in [2.75, 3.05) is 24.4 Å². The Kier molecular flexibility index (Phi) is 5.60. The van der Waals surface area contributed by atoms with Gasteiger partial charge >= 0.3 is 6.18 Å². The number of hydrogen-bond donors (Lipinski definition) is 3. The van der Waals surface area contributed by atoms with E-state index in [-0.39, 0.29) is 33.7 Å². The van der Waals surface area contributed by atoms with Crippen molar-refractivity contribution in [2.24, 2.45) is 0 Å². The summed E-state index contributed by atoms with van der Waals surface area (Å²) < 4.78 is 77.3. The highest BCUT2D eigenvalue weighted by atomic mass is 32.2. The minimum atomic E-state index is -4.69. The van der Waals surface area contributed by atoms with Gasteiger partial charge in [0.05, 0.1) is 10.6 Å². The number of halogens is 4. The Morgan fingerprint density at radius 3 is 2.74 bits per heavy atom.